The number of anilines is 1. The molecule has 0 spiro atoms. The lowest BCUT2D eigenvalue weighted by Crippen LogP contribution is -2.52. The van der Waals surface area contributed by atoms with E-state index in [4.69, 9.17) is 0 Å². The van der Waals surface area contributed by atoms with Crippen molar-refractivity contribution >= 4 is 17.5 Å². The molecule has 1 aliphatic carbocycles. The summed E-state index contributed by atoms with van der Waals surface area (Å²) >= 11 is 0. The molecule has 1 N–H and O–H groups in total. The second-order valence-electron chi connectivity index (χ2n) is 8.14. The van der Waals surface area contributed by atoms with Crippen molar-refractivity contribution in [3.63, 3.8) is 0 Å². The van der Waals surface area contributed by atoms with Gasteiger partial charge in [0.2, 0.25) is 11.8 Å². The van der Waals surface area contributed by atoms with Gasteiger partial charge in [0.1, 0.15) is 5.41 Å². The highest BCUT2D eigenvalue weighted by molar-refractivity contribution is 6.13. The third-order valence-electron chi connectivity index (χ3n) is 6.12. The summed E-state index contributed by atoms with van der Waals surface area (Å²) in [5.41, 5.74) is 2.43. The minimum Gasteiger partial charge on any atom is -0.339 e. The Morgan fingerprint density at radius 1 is 0.897 bits per heavy atom. The molecule has 2 amide bonds. The molecule has 2 aromatic carbocycles. The first-order chi connectivity index (χ1) is 14.1. The van der Waals surface area contributed by atoms with Crippen LogP contribution in [0.15, 0.2) is 54.6 Å². The van der Waals surface area contributed by atoms with Crippen LogP contribution in [0.25, 0.3) is 0 Å². The number of benzene rings is 2. The lowest BCUT2D eigenvalue weighted by atomic mass is 10.0. The number of carbonyl (C=O) groups excluding carboxylic acids is 2. The van der Waals surface area contributed by atoms with E-state index in [1.807, 2.05) is 35.2 Å². The molecule has 2 aliphatic rings. The quantitative estimate of drug-likeness (QED) is 0.769. The second-order valence-corrected chi connectivity index (χ2v) is 8.14. The van der Waals surface area contributed by atoms with Gasteiger partial charge in [-0.1, -0.05) is 49.4 Å². The Hall–Kier alpha value is -2.66. The van der Waals surface area contributed by atoms with Crippen molar-refractivity contribution in [1.29, 1.82) is 0 Å². The van der Waals surface area contributed by atoms with Gasteiger partial charge in [0.05, 0.1) is 0 Å². The largest absolute Gasteiger partial charge is 0.339 e. The fraction of sp³-hybridized carbons (Fsp3) is 0.417. The van der Waals surface area contributed by atoms with Crippen molar-refractivity contribution < 1.29 is 9.59 Å². The van der Waals surface area contributed by atoms with E-state index in [1.165, 1.54) is 11.1 Å². The van der Waals surface area contributed by atoms with Crippen molar-refractivity contribution in [2.24, 2.45) is 5.41 Å². The Morgan fingerprint density at radius 3 is 2.14 bits per heavy atom. The van der Waals surface area contributed by atoms with Crippen molar-refractivity contribution in [3.05, 3.63) is 65.7 Å². The van der Waals surface area contributed by atoms with E-state index in [1.54, 1.807) is 0 Å². The summed E-state index contributed by atoms with van der Waals surface area (Å²) < 4.78 is 0. The SMILES string of the molecule is CCc1ccc(NC(=O)C2(C(=O)N3CCN(Cc4ccccc4)CC3)CC2)cc1. The molecule has 1 heterocycles. The summed E-state index contributed by atoms with van der Waals surface area (Å²) in [6.45, 7) is 6.07. The number of nitrogens with zero attached hydrogens (tertiary/aromatic N) is 2. The van der Waals surface area contributed by atoms with Crippen LogP contribution in [0.1, 0.15) is 30.9 Å². The number of hydrogen-bond donors (Lipinski definition) is 1. The van der Waals surface area contributed by atoms with E-state index < -0.39 is 5.41 Å². The Bertz CT molecular complexity index is 851. The molecule has 1 aliphatic heterocycles. The van der Waals surface area contributed by atoms with Crippen molar-refractivity contribution in [2.45, 2.75) is 32.7 Å². The smallest absolute Gasteiger partial charge is 0.240 e. The molecule has 2 aromatic rings. The molecule has 5 nitrogen and oxygen atoms in total. The first kappa shape index (κ1) is 19.6. The highest BCUT2D eigenvalue weighted by Crippen LogP contribution is 2.48. The average molecular weight is 392 g/mol. The topological polar surface area (TPSA) is 52.7 Å². The van der Waals surface area contributed by atoms with Crippen molar-refractivity contribution in [1.82, 2.24) is 9.80 Å². The molecule has 1 saturated carbocycles. The first-order valence-electron chi connectivity index (χ1n) is 10.6. The van der Waals surface area contributed by atoms with E-state index >= 15 is 0 Å². The van der Waals surface area contributed by atoms with Gasteiger partial charge in [0.25, 0.3) is 0 Å². The van der Waals surface area contributed by atoms with Gasteiger partial charge < -0.3 is 10.2 Å². The molecule has 0 bridgehead atoms. The van der Waals surface area contributed by atoms with Crippen molar-refractivity contribution in [2.75, 3.05) is 31.5 Å². The van der Waals surface area contributed by atoms with Gasteiger partial charge in [-0.25, -0.2) is 0 Å². The van der Waals surface area contributed by atoms with Gasteiger partial charge in [0, 0.05) is 38.4 Å². The Labute approximate surface area is 172 Å². The van der Waals surface area contributed by atoms with E-state index in [9.17, 15) is 9.59 Å². The van der Waals surface area contributed by atoms with Crippen LogP contribution in [-0.4, -0.2) is 47.8 Å². The van der Waals surface area contributed by atoms with E-state index in [-0.39, 0.29) is 11.8 Å². The van der Waals surface area contributed by atoms with Crippen LogP contribution < -0.4 is 5.32 Å². The van der Waals surface area contributed by atoms with Crippen molar-refractivity contribution in [3.8, 4) is 0 Å². The monoisotopic (exact) mass is 391 g/mol. The van der Waals surface area contributed by atoms with Gasteiger partial charge in [-0.05, 0) is 42.5 Å². The normalized spacial score (nSPS) is 18.3. The lowest BCUT2D eigenvalue weighted by molar-refractivity contribution is -0.143. The third kappa shape index (κ3) is 4.35. The summed E-state index contributed by atoms with van der Waals surface area (Å²) in [5, 5.41) is 2.96. The van der Waals surface area contributed by atoms with E-state index in [0.717, 1.165) is 31.7 Å². The van der Waals surface area contributed by atoms with Crippen LogP contribution in [0.4, 0.5) is 5.69 Å². The van der Waals surface area contributed by atoms with Crippen LogP contribution >= 0.6 is 0 Å². The first-order valence-corrected chi connectivity index (χ1v) is 10.6. The minimum atomic E-state index is -0.856. The summed E-state index contributed by atoms with van der Waals surface area (Å²) in [6, 6.07) is 18.3. The molecule has 5 heteroatoms. The lowest BCUT2D eigenvalue weighted by Gasteiger charge is -2.36. The Balaban J connectivity index is 1.32. The standard InChI is InChI=1S/C24H29N3O2/c1-2-19-8-10-21(11-9-19)25-22(28)24(12-13-24)23(29)27-16-14-26(15-17-27)18-20-6-4-3-5-7-20/h3-11H,2,12-18H2,1H3,(H,25,28). The predicted molar refractivity (Wildman–Crippen MR) is 114 cm³/mol. The third-order valence-corrected chi connectivity index (χ3v) is 6.12. The molecular weight excluding hydrogens is 362 g/mol. The predicted octanol–water partition coefficient (Wildman–Crippen LogP) is 3.31. The molecule has 152 valence electrons. The fourth-order valence-electron chi connectivity index (χ4n) is 3.99. The fourth-order valence-corrected chi connectivity index (χ4v) is 3.99. The van der Waals surface area contributed by atoms with Gasteiger partial charge in [-0.3, -0.25) is 14.5 Å². The van der Waals surface area contributed by atoms with E-state index in [0.29, 0.717) is 25.9 Å². The zero-order valence-corrected chi connectivity index (χ0v) is 17.1. The molecule has 4 rings (SSSR count). The second kappa shape index (κ2) is 8.37. The highest BCUT2D eigenvalue weighted by atomic mass is 16.2. The van der Waals surface area contributed by atoms with Crippen LogP contribution in [0.3, 0.4) is 0 Å². The molecule has 0 unspecified atom stereocenters. The minimum absolute atomic E-state index is 0.000426. The summed E-state index contributed by atoms with van der Waals surface area (Å²) in [5.74, 6) is -0.155. The molecule has 2 fully saturated rings. The number of rotatable bonds is 6. The number of nitrogens with one attached hydrogen (secondary N) is 1. The van der Waals surface area contributed by atoms with Gasteiger partial charge >= 0.3 is 0 Å². The molecule has 0 atom stereocenters. The number of carbonyl (C=O) groups is 2. The zero-order chi connectivity index (χ0) is 20.3. The molecule has 29 heavy (non-hydrogen) atoms. The maximum Gasteiger partial charge on any atom is 0.240 e. The van der Waals surface area contributed by atoms with Crippen LogP contribution in [0.2, 0.25) is 0 Å². The van der Waals surface area contributed by atoms with Crippen LogP contribution in [0, 0.1) is 5.41 Å². The van der Waals surface area contributed by atoms with Crippen LogP contribution in [0.5, 0.6) is 0 Å². The number of piperazine rings is 1. The summed E-state index contributed by atoms with van der Waals surface area (Å²) in [6.07, 6.45) is 2.26. The molecule has 1 saturated heterocycles. The number of hydrogen-bond acceptors (Lipinski definition) is 3. The molecular formula is C24H29N3O2. The van der Waals surface area contributed by atoms with Gasteiger partial charge in [-0.2, -0.15) is 0 Å². The van der Waals surface area contributed by atoms with Gasteiger partial charge in [-0.15, -0.1) is 0 Å². The van der Waals surface area contributed by atoms with E-state index in [2.05, 4.69) is 41.4 Å². The number of aryl methyl sites for hydroxylation is 1. The van der Waals surface area contributed by atoms with Gasteiger partial charge in [0.15, 0.2) is 0 Å². The zero-order valence-electron chi connectivity index (χ0n) is 17.1. The Morgan fingerprint density at radius 2 is 1.55 bits per heavy atom. The summed E-state index contributed by atoms with van der Waals surface area (Å²) in [4.78, 5) is 30.3. The number of amides is 2. The highest BCUT2D eigenvalue weighted by Gasteiger charge is 2.58. The maximum atomic E-state index is 13.1. The maximum absolute atomic E-state index is 13.1. The average Bonchev–Trinajstić information content (AvgIpc) is 3.57. The molecule has 0 radical (unpaired) electrons. The molecule has 0 aromatic heterocycles. The van der Waals surface area contributed by atoms with Crippen LogP contribution in [-0.2, 0) is 22.6 Å². The summed E-state index contributed by atoms with van der Waals surface area (Å²) in [7, 11) is 0. The Kier molecular flexibility index (Phi) is 5.67.